The lowest BCUT2D eigenvalue weighted by Gasteiger charge is -2.15. The fourth-order valence-corrected chi connectivity index (χ4v) is 4.70. The number of aromatic amines is 1. The molecule has 26 heavy (non-hydrogen) atoms. The number of nitrogens with zero attached hydrogens (tertiary/aromatic N) is 1. The van der Waals surface area contributed by atoms with Crippen molar-refractivity contribution >= 4 is 20.9 Å². The summed E-state index contributed by atoms with van der Waals surface area (Å²) in [6, 6.07) is 10.8. The monoisotopic (exact) mass is 376 g/mol. The summed E-state index contributed by atoms with van der Waals surface area (Å²) in [5.41, 5.74) is 2.30. The number of β-amino-alcohol motifs (C(OH)–C–C–N with tert-alkyl or cyclic N) is 2. The van der Waals surface area contributed by atoms with Crippen LogP contribution in [0.3, 0.4) is 0 Å². The smallest absolute Gasteiger partial charge is 0.243 e. The molecule has 3 N–H and O–H groups in total. The van der Waals surface area contributed by atoms with E-state index in [1.165, 1.54) is 24.3 Å². The summed E-state index contributed by atoms with van der Waals surface area (Å²) in [6.07, 6.45) is -0.396. The van der Waals surface area contributed by atoms with Crippen molar-refractivity contribution in [2.24, 2.45) is 0 Å². The molecular formula is C18H17FN2O4S. The number of rotatable bonds is 3. The molecule has 1 aliphatic rings. The van der Waals surface area contributed by atoms with Crippen LogP contribution in [0, 0.1) is 5.82 Å². The second-order valence-corrected chi connectivity index (χ2v) is 8.31. The molecule has 0 bridgehead atoms. The van der Waals surface area contributed by atoms with E-state index in [1.54, 1.807) is 24.4 Å². The molecule has 0 saturated carbocycles. The Morgan fingerprint density at radius 2 is 1.69 bits per heavy atom. The van der Waals surface area contributed by atoms with Gasteiger partial charge in [0.1, 0.15) is 5.82 Å². The van der Waals surface area contributed by atoms with E-state index < -0.39 is 22.2 Å². The molecule has 2 heterocycles. The fourth-order valence-electron chi connectivity index (χ4n) is 3.22. The van der Waals surface area contributed by atoms with Gasteiger partial charge in [0.05, 0.1) is 17.1 Å². The first-order valence-electron chi connectivity index (χ1n) is 8.09. The Hall–Kier alpha value is -2.26. The molecule has 0 radical (unpaired) electrons. The molecular weight excluding hydrogens is 359 g/mol. The van der Waals surface area contributed by atoms with Crippen molar-refractivity contribution in [3.63, 3.8) is 0 Å². The fraction of sp³-hybridized carbons (Fsp3) is 0.222. The van der Waals surface area contributed by atoms with Crippen molar-refractivity contribution in [3.8, 4) is 11.1 Å². The zero-order chi connectivity index (χ0) is 18.5. The standard InChI is InChI=1S/C18H17FN2O4S/c19-12-3-6-14-15(8-20-16(14)7-12)11-1-4-13(5-2-11)26(24,25)21-9-17(22)18(23)10-21/h1-8,17-18,20,22-23H,9-10H2/t17-,18+. The van der Waals surface area contributed by atoms with Gasteiger partial charge >= 0.3 is 0 Å². The molecule has 136 valence electrons. The molecule has 2 aromatic carbocycles. The molecule has 6 nitrogen and oxygen atoms in total. The molecule has 1 aromatic heterocycles. The molecule has 1 saturated heterocycles. The minimum Gasteiger partial charge on any atom is -0.389 e. The van der Waals surface area contributed by atoms with E-state index in [0.717, 1.165) is 20.8 Å². The van der Waals surface area contributed by atoms with E-state index in [9.17, 15) is 23.0 Å². The van der Waals surface area contributed by atoms with Gasteiger partial charge in [0.2, 0.25) is 10.0 Å². The summed E-state index contributed by atoms with van der Waals surface area (Å²) >= 11 is 0. The second kappa shape index (κ2) is 6.17. The summed E-state index contributed by atoms with van der Waals surface area (Å²) in [5, 5.41) is 20.0. The van der Waals surface area contributed by atoms with Crippen LogP contribution in [0.2, 0.25) is 0 Å². The van der Waals surface area contributed by atoms with Gasteiger partial charge in [0.15, 0.2) is 0 Å². The van der Waals surface area contributed by atoms with E-state index in [4.69, 9.17) is 0 Å². The number of aliphatic hydroxyl groups is 2. The Kier molecular flexibility index (Phi) is 4.07. The molecule has 1 aliphatic heterocycles. The highest BCUT2D eigenvalue weighted by atomic mass is 32.2. The summed E-state index contributed by atoms with van der Waals surface area (Å²) in [6.45, 7) is -0.251. The largest absolute Gasteiger partial charge is 0.389 e. The first kappa shape index (κ1) is 17.2. The molecule has 8 heteroatoms. The quantitative estimate of drug-likeness (QED) is 0.649. The van der Waals surface area contributed by atoms with E-state index in [0.29, 0.717) is 5.52 Å². The summed E-state index contributed by atoms with van der Waals surface area (Å²) in [4.78, 5) is 3.10. The van der Waals surface area contributed by atoms with Crippen LogP contribution in [0.4, 0.5) is 4.39 Å². The van der Waals surface area contributed by atoms with Crippen molar-refractivity contribution in [3.05, 3.63) is 54.5 Å². The zero-order valence-electron chi connectivity index (χ0n) is 13.6. The van der Waals surface area contributed by atoms with Gasteiger partial charge < -0.3 is 15.2 Å². The van der Waals surface area contributed by atoms with E-state index in [1.807, 2.05) is 0 Å². The predicted octanol–water partition coefficient (Wildman–Crippen LogP) is 1.70. The highest BCUT2D eigenvalue weighted by Gasteiger charge is 2.37. The molecule has 2 atom stereocenters. The number of hydrogen-bond donors (Lipinski definition) is 3. The van der Waals surface area contributed by atoms with Crippen LogP contribution in [0.25, 0.3) is 22.0 Å². The van der Waals surface area contributed by atoms with Crippen molar-refractivity contribution in [1.82, 2.24) is 9.29 Å². The maximum absolute atomic E-state index is 13.3. The van der Waals surface area contributed by atoms with E-state index in [2.05, 4.69) is 4.98 Å². The minimum absolute atomic E-state index is 0.0911. The Bertz CT molecular complexity index is 1050. The average Bonchev–Trinajstić information content (AvgIpc) is 3.18. The minimum atomic E-state index is -3.78. The van der Waals surface area contributed by atoms with E-state index >= 15 is 0 Å². The molecule has 1 fully saturated rings. The zero-order valence-corrected chi connectivity index (χ0v) is 14.4. The molecule has 4 rings (SSSR count). The maximum atomic E-state index is 13.3. The number of sulfonamides is 1. The Balaban J connectivity index is 1.66. The second-order valence-electron chi connectivity index (χ2n) is 6.37. The number of benzene rings is 2. The van der Waals surface area contributed by atoms with Gasteiger partial charge in [-0.15, -0.1) is 0 Å². The topological polar surface area (TPSA) is 93.6 Å². The van der Waals surface area contributed by atoms with Crippen LogP contribution in [-0.4, -0.2) is 53.2 Å². The number of H-pyrrole nitrogens is 1. The Morgan fingerprint density at radius 1 is 1.04 bits per heavy atom. The van der Waals surface area contributed by atoms with Crippen LogP contribution in [0.1, 0.15) is 0 Å². The lowest BCUT2D eigenvalue weighted by molar-refractivity contribution is 0.0572. The third kappa shape index (κ3) is 2.80. The normalized spacial score (nSPS) is 21.5. The Labute approximate surface area is 149 Å². The first-order chi connectivity index (χ1) is 12.4. The Morgan fingerprint density at radius 3 is 2.35 bits per heavy atom. The molecule has 0 spiro atoms. The highest BCUT2D eigenvalue weighted by molar-refractivity contribution is 7.89. The maximum Gasteiger partial charge on any atom is 0.243 e. The van der Waals surface area contributed by atoms with Crippen LogP contribution in [0.15, 0.2) is 53.6 Å². The van der Waals surface area contributed by atoms with Gasteiger partial charge in [-0.25, -0.2) is 12.8 Å². The molecule has 0 amide bonds. The summed E-state index contributed by atoms with van der Waals surface area (Å²) in [7, 11) is -3.78. The van der Waals surface area contributed by atoms with Gasteiger partial charge in [-0.05, 0) is 35.9 Å². The van der Waals surface area contributed by atoms with Crippen molar-refractivity contribution < 1.29 is 23.0 Å². The van der Waals surface area contributed by atoms with Gasteiger partial charge in [-0.3, -0.25) is 0 Å². The first-order valence-corrected chi connectivity index (χ1v) is 9.53. The van der Waals surface area contributed by atoms with Gasteiger partial charge in [0.25, 0.3) is 0 Å². The number of hydrogen-bond acceptors (Lipinski definition) is 4. The third-order valence-corrected chi connectivity index (χ3v) is 6.52. The predicted molar refractivity (Wildman–Crippen MR) is 94.5 cm³/mol. The SMILES string of the molecule is O=S(=O)(c1ccc(-c2c[nH]c3cc(F)ccc23)cc1)N1C[C@@H](O)[C@@H](O)C1. The van der Waals surface area contributed by atoms with Crippen LogP contribution < -0.4 is 0 Å². The van der Waals surface area contributed by atoms with Crippen LogP contribution >= 0.6 is 0 Å². The number of fused-ring (bicyclic) bond motifs is 1. The van der Waals surface area contributed by atoms with Gasteiger partial charge in [-0.2, -0.15) is 4.31 Å². The van der Waals surface area contributed by atoms with Gasteiger partial charge in [0, 0.05) is 35.8 Å². The number of aromatic nitrogens is 1. The summed E-state index contributed by atoms with van der Waals surface area (Å²) < 4.78 is 39.6. The average molecular weight is 376 g/mol. The summed E-state index contributed by atoms with van der Waals surface area (Å²) in [5.74, 6) is -0.331. The van der Waals surface area contributed by atoms with Crippen LogP contribution in [0.5, 0.6) is 0 Å². The van der Waals surface area contributed by atoms with Crippen molar-refractivity contribution in [2.75, 3.05) is 13.1 Å². The number of aliphatic hydroxyl groups excluding tert-OH is 2. The van der Waals surface area contributed by atoms with Gasteiger partial charge in [-0.1, -0.05) is 12.1 Å². The highest BCUT2D eigenvalue weighted by Crippen LogP contribution is 2.30. The number of halogens is 1. The number of nitrogens with one attached hydrogen (secondary N) is 1. The molecule has 0 unspecified atom stereocenters. The van der Waals surface area contributed by atoms with Crippen molar-refractivity contribution in [2.45, 2.75) is 17.1 Å². The lowest BCUT2D eigenvalue weighted by Crippen LogP contribution is -2.29. The van der Waals surface area contributed by atoms with E-state index in [-0.39, 0.29) is 23.8 Å². The third-order valence-electron chi connectivity index (χ3n) is 4.67. The van der Waals surface area contributed by atoms with Crippen molar-refractivity contribution in [1.29, 1.82) is 0 Å². The lowest BCUT2D eigenvalue weighted by atomic mass is 10.1. The van der Waals surface area contributed by atoms with Crippen LogP contribution in [-0.2, 0) is 10.0 Å². The molecule has 0 aliphatic carbocycles. The molecule has 3 aromatic rings.